The van der Waals surface area contributed by atoms with Crippen molar-refractivity contribution in [1.29, 1.82) is 0 Å². The Morgan fingerprint density at radius 3 is 2.52 bits per heavy atom. The minimum atomic E-state index is -1.16. The molecule has 1 N–H and O–H groups in total. The van der Waals surface area contributed by atoms with Crippen LogP contribution in [0.15, 0.2) is 71.4 Å². The summed E-state index contributed by atoms with van der Waals surface area (Å²) in [6.45, 7) is 0.262. The van der Waals surface area contributed by atoms with Gasteiger partial charge in [-0.25, -0.2) is 9.18 Å². The van der Waals surface area contributed by atoms with Crippen molar-refractivity contribution in [1.82, 2.24) is 4.98 Å². The fourth-order valence-electron chi connectivity index (χ4n) is 2.87. The molecule has 134 valence electrons. The molecule has 0 radical (unpaired) electrons. The predicted molar refractivity (Wildman–Crippen MR) is 97.1 cm³/mol. The number of carbonyl (C=O) groups is 1. The van der Waals surface area contributed by atoms with E-state index in [2.05, 4.69) is 4.98 Å². The summed E-state index contributed by atoms with van der Waals surface area (Å²) >= 11 is 0. The molecule has 0 saturated carbocycles. The first kappa shape index (κ1) is 16.8. The molecule has 27 heavy (non-hydrogen) atoms. The Bertz CT molecular complexity index is 1100. The van der Waals surface area contributed by atoms with Gasteiger partial charge < -0.3 is 14.3 Å². The SMILES string of the molecule is O=C(O)c1c(-c2ccc(F)cc2)oc2cncc(OCc3ccccc3)c12. The standard InChI is InChI=1S/C21H14FNO4/c22-15-8-6-14(7-9-15)20-19(21(24)25)18-16(10-23-11-17(18)27-20)26-12-13-4-2-1-3-5-13/h1-11H,12H2,(H,24,25). The number of pyridine rings is 1. The zero-order chi connectivity index (χ0) is 18.8. The zero-order valence-corrected chi connectivity index (χ0v) is 14.1. The number of benzene rings is 2. The predicted octanol–water partition coefficient (Wildman–Crippen LogP) is 4.91. The number of carboxylic acid groups (broad SMARTS) is 1. The Hall–Kier alpha value is -3.67. The van der Waals surface area contributed by atoms with E-state index in [0.717, 1.165) is 5.56 Å². The average Bonchev–Trinajstić information content (AvgIpc) is 3.08. The summed E-state index contributed by atoms with van der Waals surface area (Å²) in [5.41, 5.74) is 1.65. The van der Waals surface area contributed by atoms with Gasteiger partial charge in [0.15, 0.2) is 5.58 Å². The van der Waals surface area contributed by atoms with Crippen LogP contribution >= 0.6 is 0 Å². The molecule has 5 nitrogen and oxygen atoms in total. The first-order chi connectivity index (χ1) is 13.1. The van der Waals surface area contributed by atoms with Crippen molar-refractivity contribution >= 4 is 16.9 Å². The van der Waals surface area contributed by atoms with Crippen LogP contribution in [-0.2, 0) is 6.61 Å². The molecule has 0 aliphatic heterocycles. The van der Waals surface area contributed by atoms with Gasteiger partial charge in [0.2, 0.25) is 0 Å². The average molecular weight is 363 g/mol. The van der Waals surface area contributed by atoms with E-state index in [4.69, 9.17) is 9.15 Å². The van der Waals surface area contributed by atoms with Crippen LogP contribution < -0.4 is 4.74 Å². The van der Waals surface area contributed by atoms with Gasteiger partial charge >= 0.3 is 5.97 Å². The van der Waals surface area contributed by atoms with Crippen LogP contribution in [0.5, 0.6) is 5.75 Å². The second kappa shape index (κ2) is 6.92. The van der Waals surface area contributed by atoms with Gasteiger partial charge in [0.25, 0.3) is 0 Å². The molecule has 0 atom stereocenters. The Labute approximate surface area is 153 Å². The first-order valence-electron chi connectivity index (χ1n) is 8.20. The third-order valence-corrected chi connectivity index (χ3v) is 4.12. The highest BCUT2D eigenvalue weighted by Gasteiger charge is 2.25. The van der Waals surface area contributed by atoms with Crippen LogP contribution in [0.3, 0.4) is 0 Å². The summed E-state index contributed by atoms with van der Waals surface area (Å²) in [4.78, 5) is 16.0. The molecule has 2 aromatic carbocycles. The van der Waals surface area contributed by atoms with E-state index >= 15 is 0 Å². The molecule has 0 spiro atoms. The highest BCUT2D eigenvalue weighted by molar-refractivity contribution is 6.10. The minimum absolute atomic E-state index is 0.0398. The molecule has 4 aromatic rings. The van der Waals surface area contributed by atoms with Gasteiger partial charge in [0, 0.05) is 5.56 Å². The lowest BCUT2D eigenvalue weighted by atomic mass is 10.1. The van der Waals surface area contributed by atoms with Crippen molar-refractivity contribution in [3.05, 3.63) is 83.9 Å². The Morgan fingerprint density at radius 1 is 1.07 bits per heavy atom. The van der Waals surface area contributed by atoms with E-state index in [9.17, 15) is 14.3 Å². The summed E-state index contributed by atoms with van der Waals surface area (Å²) in [5.74, 6) is -1.13. The van der Waals surface area contributed by atoms with Gasteiger partial charge in [-0.2, -0.15) is 0 Å². The fraction of sp³-hybridized carbons (Fsp3) is 0.0476. The summed E-state index contributed by atoms with van der Waals surface area (Å²) in [6, 6.07) is 14.9. The molecule has 2 heterocycles. The van der Waals surface area contributed by atoms with Crippen molar-refractivity contribution < 1.29 is 23.4 Å². The fourth-order valence-corrected chi connectivity index (χ4v) is 2.87. The van der Waals surface area contributed by atoms with Gasteiger partial charge in [-0.3, -0.25) is 4.98 Å². The molecule has 6 heteroatoms. The monoisotopic (exact) mass is 363 g/mol. The summed E-state index contributed by atoms with van der Waals surface area (Å²) in [7, 11) is 0. The van der Waals surface area contributed by atoms with Crippen LogP contribution in [-0.4, -0.2) is 16.1 Å². The van der Waals surface area contributed by atoms with Crippen molar-refractivity contribution in [2.24, 2.45) is 0 Å². The van der Waals surface area contributed by atoms with E-state index in [1.165, 1.54) is 36.7 Å². The number of rotatable bonds is 5. The molecule has 0 aliphatic carbocycles. The largest absolute Gasteiger partial charge is 0.486 e. The lowest BCUT2D eigenvalue weighted by molar-refractivity contribution is 0.0699. The maximum atomic E-state index is 13.2. The molecule has 0 saturated heterocycles. The second-order valence-electron chi connectivity index (χ2n) is 5.90. The van der Waals surface area contributed by atoms with Crippen LogP contribution in [0.4, 0.5) is 4.39 Å². The van der Waals surface area contributed by atoms with Crippen LogP contribution in [0.25, 0.3) is 22.3 Å². The summed E-state index contributed by atoms with van der Waals surface area (Å²) < 4.78 is 24.8. The smallest absolute Gasteiger partial charge is 0.340 e. The number of ether oxygens (including phenoxy) is 1. The number of hydrogen-bond acceptors (Lipinski definition) is 4. The number of furan rings is 1. The molecular weight excluding hydrogens is 349 g/mol. The molecule has 2 aromatic heterocycles. The Morgan fingerprint density at radius 2 is 1.81 bits per heavy atom. The topological polar surface area (TPSA) is 72.6 Å². The quantitative estimate of drug-likeness (QED) is 0.545. The molecule has 0 fully saturated rings. The normalized spacial score (nSPS) is 10.9. The van der Waals surface area contributed by atoms with Crippen molar-refractivity contribution in [3.8, 4) is 17.1 Å². The number of fused-ring (bicyclic) bond motifs is 1. The van der Waals surface area contributed by atoms with Gasteiger partial charge in [-0.05, 0) is 29.8 Å². The van der Waals surface area contributed by atoms with E-state index in [1.54, 1.807) is 0 Å². The number of halogens is 1. The lowest BCUT2D eigenvalue weighted by Gasteiger charge is -2.07. The number of carboxylic acids is 1. The van der Waals surface area contributed by atoms with E-state index in [1.807, 2.05) is 30.3 Å². The second-order valence-corrected chi connectivity index (χ2v) is 5.90. The van der Waals surface area contributed by atoms with Crippen LogP contribution in [0.1, 0.15) is 15.9 Å². The molecule has 0 bridgehead atoms. The lowest BCUT2D eigenvalue weighted by Crippen LogP contribution is -2.00. The van der Waals surface area contributed by atoms with Gasteiger partial charge in [0.1, 0.15) is 29.5 Å². The molecule has 4 rings (SSSR count). The highest BCUT2D eigenvalue weighted by atomic mass is 19.1. The minimum Gasteiger partial charge on any atom is -0.486 e. The van der Waals surface area contributed by atoms with Gasteiger partial charge in [0.05, 0.1) is 17.8 Å². The van der Waals surface area contributed by atoms with Crippen molar-refractivity contribution in [2.45, 2.75) is 6.61 Å². The molecule has 0 unspecified atom stereocenters. The number of hydrogen-bond donors (Lipinski definition) is 1. The zero-order valence-electron chi connectivity index (χ0n) is 14.1. The van der Waals surface area contributed by atoms with Crippen molar-refractivity contribution in [2.75, 3.05) is 0 Å². The third-order valence-electron chi connectivity index (χ3n) is 4.12. The summed E-state index contributed by atoms with van der Waals surface area (Å²) in [6.07, 6.45) is 2.89. The third kappa shape index (κ3) is 3.25. The Balaban J connectivity index is 1.81. The molecular formula is C21H14FNO4. The number of aromatic nitrogens is 1. The van der Waals surface area contributed by atoms with Gasteiger partial charge in [-0.15, -0.1) is 0 Å². The summed E-state index contributed by atoms with van der Waals surface area (Å²) in [5, 5.41) is 10.1. The van der Waals surface area contributed by atoms with Crippen LogP contribution in [0.2, 0.25) is 0 Å². The first-order valence-corrected chi connectivity index (χ1v) is 8.20. The molecule has 0 aliphatic rings. The highest BCUT2D eigenvalue weighted by Crippen LogP contribution is 2.38. The number of aromatic carboxylic acids is 1. The Kier molecular flexibility index (Phi) is 4.30. The maximum Gasteiger partial charge on any atom is 0.340 e. The molecule has 0 amide bonds. The van der Waals surface area contributed by atoms with Crippen molar-refractivity contribution in [3.63, 3.8) is 0 Å². The van der Waals surface area contributed by atoms with E-state index in [0.29, 0.717) is 16.7 Å². The van der Waals surface area contributed by atoms with Crippen LogP contribution in [0, 0.1) is 5.82 Å². The van der Waals surface area contributed by atoms with E-state index < -0.39 is 11.8 Å². The maximum absolute atomic E-state index is 13.2. The van der Waals surface area contributed by atoms with Gasteiger partial charge in [-0.1, -0.05) is 30.3 Å². The van der Waals surface area contributed by atoms with E-state index in [-0.39, 0.29) is 23.5 Å². The number of nitrogens with zero attached hydrogens (tertiary/aromatic N) is 1.